The van der Waals surface area contributed by atoms with Gasteiger partial charge in [-0.3, -0.25) is 4.98 Å². The third-order valence-electron chi connectivity index (χ3n) is 3.25. The molecule has 0 radical (unpaired) electrons. The maximum Gasteiger partial charge on any atom is 0.0375 e. The van der Waals surface area contributed by atoms with Gasteiger partial charge in [0.1, 0.15) is 0 Å². The van der Waals surface area contributed by atoms with Gasteiger partial charge in [0.25, 0.3) is 0 Å². The molecule has 0 fully saturated rings. The van der Waals surface area contributed by atoms with Gasteiger partial charge in [0.15, 0.2) is 0 Å². The van der Waals surface area contributed by atoms with E-state index in [1.165, 1.54) is 11.1 Å². The summed E-state index contributed by atoms with van der Waals surface area (Å²) in [6, 6.07) is 15.3. The predicted octanol–water partition coefficient (Wildman–Crippen LogP) is 3.67. The third-order valence-corrected chi connectivity index (χ3v) is 3.25. The number of hydrogen-bond donors (Lipinski definition) is 1. The Morgan fingerprint density at radius 2 is 1.95 bits per heavy atom. The van der Waals surface area contributed by atoms with Gasteiger partial charge in [-0.1, -0.05) is 37.3 Å². The smallest absolute Gasteiger partial charge is 0.0375 e. The molecule has 0 aliphatic carbocycles. The fraction of sp³-hybridized carbons (Fsp3) is 0.353. The average Bonchev–Trinajstić information content (AvgIpc) is 2.44. The Kier molecular flexibility index (Phi) is 5.10. The van der Waals surface area contributed by atoms with Gasteiger partial charge in [-0.25, -0.2) is 0 Å². The number of hydrogen-bond acceptors (Lipinski definition) is 2. The Hall–Kier alpha value is -1.67. The van der Waals surface area contributed by atoms with Gasteiger partial charge >= 0.3 is 0 Å². The summed E-state index contributed by atoms with van der Waals surface area (Å²) in [4.78, 5) is 4.28. The Morgan fingerprint density at radius 1 is 1.16 bits per heavy atom. The Morgan fingerprint density at radius 3 is 2.63 bits per heavy atom. The van der Waals surface area contributed by atoms with E-state index in [2.05, 4.69) is 59.7 Å². The summed E-state index contributed by atoms with van der Waals surface area (Å²) in [5.74, 6) is 0. The minimum atomic E-state index is 0.365. The molecule has 1 N–H and O–H groups in total. The molecule has 0 aliphatic rings. The average molecular weight is 254 g/mol. The van der Waals surface area contributed by atoms with Crippen molar-refractivity contribution in [1.29, 1.82) is 0 Å². The van der Waals surface area contributed by atoms with E-state index in [1.54, 1.807) is 0 Å². The molecule has 0 amide bonds. The zero-order chi connectivity index (χ0) is 13.5. The minimum Gasteiger partial charge on any atom is -0.310 e. The quantitative estimate of drug-likeness (QED) is 0.850. The van der Waals surface area contributed by atoms with Crippen LogP contribution in [0, 0.1) is 6.92 Å². The van der Waals surface area contributed by atoms with Gasteiger partial charge in [-0.15, -0.1) is 0 Å². The topological polar surface area (TPSA) is 24.9 Å². The van der Waals surface area contributed by atoms with E-state index in [9.17, 15) is 0 Å². The van der Waals surface area contributed by atoms with E-state index in [-0.39, 0.29) is 0 Å². The normalized spacial score (nSPS) is 12.3. The van der Waals surface area contributed by atoms with Crippen LogP contribution in [0.5, 0.6) is 0 Å². The van der Waals surface area contributed by atoms with Crippen LogP contribution in [0.25, 0.3) is 0 Å². The lowest BCUT2D eigenvalue weighted by Crippen LogP contribution is -2.24. The highest BCUT2D eigenvalue weighted by atomic mass is 14.9. The molecule has 2 aromatic rings. The molecule has 2 rings (SSSR count). The van der Waals surface area contributed by atoms with Crippen LogP contribution in [0.15, 0.2) is 48.7 Å². The van der Waals surface area contributed by atoms with Gasteiger partial charge in [-0.05, 0) is 49.6 Å². The van der Waals surface area contributed by atoms with E-state index in [0.29, 0.717) is 6.04 Å². The maximum absolute atomic E-state index is 4.28. The highest BCUT2D eigenvalue weighted by Gasteiger charge is 2.11. The molecule has 19 heavy (non-hydrogen) atoms. The van der Waals surface area contributed by atoms with Crippen LogP contribution in [0.4, 0.5) is 0 Å². The van der Waals surface area contributed by atoms with Crippen molar-refractivity contribution in [1.82, 2.24) is 10.3 Å². The first-order valence-corrected chi connectivity index (χ1v) is 6.99. The molecule has 0 saturated carbocycles. The molecule has 1 aromatic heterocycles. The van der Waals surface area contributed by atoms with Gasteiger partial charge in [0.05, 0.1) is 0 Å². The Bertz CT molecular complexity index is 494. The van der Waals surface area contributed by atoms with Gasteiger partial charge in [0, 0.05) is 17.9 Å². The van der Waals surface area contributed by atoms with E-state index in [4.69, 9.17) is 0 Å². The lowest BCUT2D eigenvalue weighted by molar-refractivity contribution is 0.528. The van der Waals surface area contributed by atoms with Crippen molar-refractivity contribution in [2.75, 3.05) is 6.54 Å². The molecule has 1 aromatic carbocycles. The zero-order valence-corrected chi connectivity index (χ0v) is 11.8. The summed E-state index contributed by atoms with van der Waals surface area (Å²) in [7, 11) is 0. The molecule has 1 atom stereocenters. The molecule has 2 heteroatoms. The fourth-order valence-corrected chi connectivity index (χ4v) is 2.26. The molecule has 1 heterocycles. The lowest BCUT2D eigenvalue weighted by atomic mass is 9.99. The summed E-state index contributed by atoms with van der Waals surface area (Å²) in [5.41, 5.74) is 3.77. The Balaban J connectivity index is 2.16. The summed E-state index contributed by atoms with van der Waals surface area (Å²) < 4.78 is 0. The molecular weight excluding hydrogens is 232 g/mol. The number of nitrogens with zero attached hydrogens (tertiary/aromatic N) is 1. The molecule has 1 unspecified atom stereocenters. The highest BCUT2D eigenvalue weighted by Crippen LogP contribution is 2.18. The largest absolute Gasteiger partial charge is 0.310 e. The van der Waals surface area contributed by atoms with Crippen LogP contribution in [0.3, 0.4) is 0 Å². The van der Waals surface area contributed by atoms with Crippen LogP contribution in [0.1, 0.15) is 36.2 Å². The SMILES string of the molecule is CCCNC(Cc1ccccc1)c1ccnc(C)c1. The molecule has 0 saturated heterocycles. The van der Waals surface area contributed by atoms with Gasteiger partial charge in [-0.2, -0.15) is 0 Å². The van der Waals surface area contributed by atoms with Crippen molar-refractivity contribution >= 4 is 0 Å². The third kappa shape index (κ3) is 4.18. The van der Waals surface area contributed by atoms with Crippen LogP contribution in [-0.2, 0) is 6.42 Å². The summed E-state index contributed by atoms with van der Waals surface area (Å²) in [5, 5.41) is 3.63. The fourth-order valence-electron chi connectivity index (χ4n) is 2.26. The number of pyridine rings is 1. The van der Waals surface area contributed by atoms with Crippen LogP contribution >= 0.6 is 0 Å². The molecule has 0 aliphatic heterocycles. The van der Waals surface area contributed by atoms with Crippen molar-refractivity contribution in [2.24, 2.45) is 0 Å². The van der Waals surface area contributed by atoms with Crippen LogP contribution < -0.4 is 5.32 Å². The highest BCUT2D eigenvalue weighted by molar-refractivity contribution is 5.24. The summed E-state index contributed by atoms with van der Waals surface area (Å²) >= 11 is 0. The number of benzene rings is 1. The Labute approximate surface area is 115 Å². The van der Waals surface area contributed by atoms with E-state index in [0.717, 1.165) is 25.1 Å². The van der Waals surface area contributed by atoms with Crippen molar-refractivity contribution in [2.45, 2.75) is 32.7 Å². The number of rotatable bonds is 6. The molecule has 0 bridgehead atoms. The van der Waals surface area contributed by atoms with E-state index in [1.807, 2.05) is 13.1 Å². The van der Waals surface area contributed by atoms with Crippen molar-refractivity contribution in [3.63, 3.8) is 0 Å². The van der Waals surface area contributed by atoms with Crippen molar-refractivity contribution < 1.29 is 0 Å². The number of nitrogens with one attached hydrogen (secondary N) is 1. The van der Waals surface area contributed by atoms with E-state index >= 15 is 0 Å². The van der Waals surface area contributed by atoms with Crippen molar-refractivity contribution in [3.05, 3.63) is 65.5 Å². The van der Waals surface area contributed by atoms with Crippen LogP contribution in [-0.4, -0.2) is 11.5 Å². The first kappa shape index (κ1) is 13.8. The minimum absolute atomic E-state index is 0.365. The second kappa shape index (κ2) is 7.05. The lowest BCUT2D eigenvalue weighted by Gasteiger charge is -2.19. The molecule has 2 nitrogen and oxygen atoms in total. The maximum atomic E-state index is 4.28. The summed E-state index contributed by atoms with van der Waals surface area (Å²) in [6.45, 7) is 5.28. The van der Waals surface area contributed by atoms with Crippen LogP contribution in [0.2, 0.25) is 0 Å². The number of aryl methyl sites for hydroxylation is 1. The summed E-state index contributed by atoms with van der Waals surface area (Å²) in [6.07, 6.45) is 4.07. The van der Waals surface area contributed by atoms with E-state index < -0.39 is 0 Å². The standard InChI is InChI=1S/C17H22N2/c1-3-10-19-17(13-15-7-5-4-6-8-15)16-9-11-18-14(2)12-16/h4-9,11-12,17,19H,3,10,13H2,1-2H3. The number of aromatic nitrogens is 1. The van der Waals surface area contributed by atoms with Gasteiger partial charge < -0.3 is 5.32 Å². The zero-order valence-electron chi connectivity index (χ0n) is 11.8. The molecule has 0 spiro atoms. The van der Waals surface area contributed by atoms with Crippen molar-refractivity contribution in [3.8, 4) is 0 Å². The second-order valence-electron chi connectivity index (χ2n) is 4.93. The molecular formula is C17H22N2. The molecule has 100 valence electrons. The second-order valence-corrected chi connectivity index (χ2v) is 4.93. The first-order chi connectivity index (χ1) is 9.29. The predicted molar refractivity (Wildman–Crippen MR) is 80.2 cm³/mol. The monoisotopic (exact) mass is 254 g/mol. The first-order valence-electron chi connectivity index (χ1n) is 6.99. The van der Waals surface area contributed by atoms with Gasteiger partial charge in [0.2, 0.25) is 0 Å².